The molecule has 0 saturated carbocycles. The van der Waals surface area contributed by atoms with Gasteiger partial charge >= 0.3 is 12.1 Å². The van der Waals surface area contributed by atoms with Crippen LogP contribution >= 0.6 is 32.9 Å². The highest BCUT2D eigenvalue weighted by atomic mass is 33.1. The Morgan fingerprint density at radius 1 is 1.07 bits per heavy atom. The summed E-state index contributed by atoms with van der Waals surface area (Å²) in [5.74, 6) is -0.769. The first-order valence-corrected chi connectivity index (χ1v) is 22.9. The Morgan fingerprint density at radius 3 is 2.50 bits per heavy atom. The van der Waals surface area contributed by atoms with Crippen LogP contribution in [0, 0.1) is 17.8 Å². The molecule has 308 valence electrons. The number of amides is 4. The number of nitrogens with zero attached hydrogens (tertiary/aromatic N) is 3. The van der Waals surface area contributed by atoms with Gasteiger partial charge < -0.3 is 25.0 Å². The second-order valence-electron chi connectivity index (χ2n) is 14.3. The van der Waals surface area contributed by atoms with Gasteiger partial charge in [0, 0.05) is 42.5 Å². The number of likely N-dealkylation sites (tertiary alicyclic amines) is 1. The number of ether oxygens (including phenoxy) is 2. The Morgan fingerprint density at radius 2 is 1.83 bits per heavy atom. The van der Waals surface area contributed by atoms with E-state index in [2.05, 4.69) is 40.2 Å². The summed E-state index contributed by atoms with van der Waals surface area (Å²) in [5.41, 5.74) is 5.57. The lowest BCUT2D eigenvalue weighted by Crippen LogP contribution is -2.59. The highest BCUT2D eigenvalue weighted by molar-refractivity contribution is 8.76. The Labute approximate surface area is 334 Å². The molecule has 54 heavy (non-hydrogen) atoms. The van der Waals surface area contributed by atoms with Gasteiger partial charge in [0.15, 0.2) is 6.73 Å². The summed E-state index contributed by atoms with van der Waals surface area (Å²) in [7, 11) is 5.13. The number of nitrogens with one attached hydrogen (secondary N) is 4. The van der Waals surface area contributed by atoms with E-state index in [0.717, 1.165) is 36.5 Å². The Kier molecular flexibility index (Phi) is 23.1. The summed E-state index contributed by atoms with van der Waals surface area (Å²) < 4.78 is 10.7. The standard InChI is InChI=1S/C37H65N7O7S3/c1-9-13-32(45)51-24-44(36(48)33(26(5)10-2)40-35(47)30-14-11-12-19-43(30)7)29(25(3)4)15-16-31-39-28(23-53-31)22-38-18-17-27(6)34(46)41-42-37(49)50-20-21-54-52-8/h23,25-27,29-30,33,38H,9-22,24H2,1-8H3,(H,40,47)(H,41,46)(H,42,49). The monoisotopic (exact) mass is 815 g/mol. The number of hydrazine groups is 1. The number of hydrogen-bond donors (Lipinski definition) is 4. The Bertz CT molecular complexity index is 1300. The average molecular weight is 816 g/mol. The van der Waals surface area contributed by atoms with Crippen molar-refractivity contribution in [2.75, 3.05) is 45.5 Å². The smallest absolute Gasteiger partial charge is 0.426 e. The number of piperidine rings is 1. The molecule has 5 unspecified atom stereocenters. The highest BCUT2D eigenvalue weighted by Gasteiger charge is 2.37. The topological polar surface area (TPSA) is 171 Å². The van der Waals surface area contributed by atoms with Crippen molar-refractivity contribution >= 4 is 62.7 Å². The molecule has 5 atom stereocenters. The summed E-state index contributed by atoms with van der Waals surface area (Å²) in [6, 6.07) is -1.28. The molecule has 0 spiro atoms. The van der Waals surface area contributed by atoms with Crippen molar-refractivity contribution in [3.8, 4) is 0 Å². The molecule has 2 heterocycles. The molecule has 0 bridgehead atoms. The molecule has 4 amide bonds. The second kappa shape index (κ2) is 26.3. The van der Waals surface area contributed by atoms with Crippen LogP contribution in [0.15, 0.2) is 5.38 Å². The maximum absolute atomic E-state index is 14.5. The third kappa shape index (κ3) is 17.0. The molecule has 0 aromatic carbocycles. The zero-order valence-corrected chi connectivity index (χ0v) is 36.0. The maximum Gasteiger partial charge on any atom is 0.426 e. The van der Waals surface area contributed by atoms with E-state index in [9.17, 15) is 24.0 Å². The van der Waals surface area contributed by atoms with E-state index in [0.29, 0.717) is 50.9 Å². The lowest BCUT2D eigenvalue weighted by Gasteiger charge is -2.39. The normalized spacial score (nSPS) is 16.9. The molecule has 2 rings (SSSR count). The molecule has 1 fully saturated rings. The van der Waals surface area contributed by atoms with Crippen molar-refractivity contribution in [1.82, 2.24) is 36.3 Å². The number of carbonyl (C=O) groups is 5. The molecule has 1 aliphatic heterocycles. The number of rotatable bonds is 24. The van der Waals surface area contributed by atoms with E-state index < -0.39 is 12.1 Å². The number of thiazole rings is 1. The van der Waals surface area contributed by atoms with Crippen LogP contribution in [0.4, 0.5) is 4.79 Å². The van der Waals surface area contributed by atoms with Crippen molar-refractivity contribution in [3.05, 3.63) is 16.1 Å². The third-order valence-corrected chi connectivity index (χ3v) is 12.4. The molecule has 4 N–H and O–H groups in total. The van der Waals surface area contributed by atoms with Crippen molar-refractivity contribution in [3.63, 3.8) is 0 Å². The van der Waals surface area contributed by atoms with Gasteiger partial charge in [-0.3, -0.25) is 29.5 Å². The number of esters is 1. The van der Waals surface area contributed by atoms with Gasteiger partial charge in [-0.05, 0) is 70.3 Å². The van der Waals surface area contributed by atoms with Crippen LogP contribution in [-0.4, -0.2) is 108 Å². The van der Waals surface area contributed by atoms with Gasteiger partial charge in [-0.15, -0.1) is 11.3 Å². The number of likely N-dealkylation sites (N-methyl/N-ethyl adjacent to an activating group) is 1. The molecule has 1 aromatic heterocycles. The molecule has 1 aromatic rings. The van der Waals surface area contributed by atoms with Gasteiger partial charge in [0.1, 0.15) is 12.6 Å². The van der Waals surface area contributed by atoms with Crippen LogP contribution in [0.2, 0.25) is 0 Å². The van der Waals surface area contributed by atoms with E-state index in [4.69, 9.17) is 14.5 Å². The summed E-state index contributed by atoms with van der Waals surface area (Å²) in [4.78, 5) is 73.2. The predicted octanol–water partition coefficient (Wildman–Crippen LogP) is 5.13. The molecule has 14 nitrogen and oxygen atoms in total. The molecular formula is C37H65N7O7S3. The molecule has 0 aliphatic carbocycles. The van der Waals surface area contributed by atoms with Crippen molar-refractivity contribution in [2.45, 2.75) is 124 Å². The SMILES string of the molecule is CCCC(=O)OCN(C(=O)C(NC(=O)C1CCCCN1C)C(C)CC)C(CCc1nc(CNCCC(C)C(=O)NNC(=O)OCCSSC)cs1)C(C)C. The number of aromatic nitrogens is 1. The van der Waals surface area contributed by atoms with Gasteiger partial charge in [-0.1, -0.05) is 76.0 Å². The number of carbonyl (C=O) groups excluding carboxylic acids is 5. The van der Waals surface area contributed by atoms with Gasteiger partial charge in [0.2, 0.25) is 17.7 Å². The van der Waals surface area contributed by atoms with Crippen molar-refractivity contribution in [2.24, 2.45) is 17.8 Å². The first-order chi connectivity index (χ1) is 25.8. The zero-order chi connectivity index (χ0) is 40.0. The summed E-state index contributed by atoms with van der Waals surface area (Å²) in [6.45, 7) is 13.8. The fourth-order valence-electron chi connectivity index (χ4n) is 6.11. The van der Waals surface area contributed by atoms with Crippen molar-refractivity contribution in [1.29, 1.82) is 0 Å². The second-order valence-corrected chi connectivity index (χ2v) is 17.9. The molecule has 1 aliphatic rings. The third-order valence-electron chi connectivity index (χ3n) is 9.69. The lowest BCUT2D eigenvalue weighted by molar-refractivity contribution is -0.159. The van der Waals surface area contributed by atoms with E-state index in [-0.39, 0.29) is 73.3 Å². The van der Waals surface area contributed by atoms with Gasteiger partial charge in [-0.25, -0.2) is 15.2 Å². The molecule has 17 heteroatoms. The van der Waals surface area contributed by atoms with E-state index >= 15 is 0 Å². The summed E-state index contributed by atoms with van der Waals surface area (Å²) in [5, 5.41) is 9.38. The Hall–Kier alpha value is -2.60. The highest BCUT2D eigenvalue weighted by Crippen LogP contribution is 2.24. The van der Waals surface area contributed by atoms with Crippen LogP contribution in [0.25, 0.3) is 0 Å². The molecule has 1 saturated heterocycles. The minimum absolute atomic E-state index is 0.0433. The fourth-order valence-corrected chi connectivity index (χ4v) is 7.95. The van der Waals surface area contributed by atoms with E-state index in [1.165, 1.54) is 0 Å². The first-order valence-electron chi connectivity index (χ1n) is 19.3. The quantitative estimate of drug-likeness (QED) is 0.0357. The molecular weight excluding hydrogens is 751 g/mol. The van der Waals surface area contributed by atoms with Gasteiger partial charge in [-0.2, -0.15) is 0 Å². The number of aryl methyl sites for hydroxylation is 1. The fraction of sp³-hybridized carbons (Fsp3) is 0.784. The lowest BCUT2D eigenvalue weighted by atomic mass is 9.93. The average Bonchev–Trinajstić information content (AvgIpc) is 3.61. The largest absolute Gasteiger partial charge is 0.447 e. The van der Waals surface area contributed by atoms with Crippen LogP contribution in [-0.2, 0) is 41.6 Å². The predicted molar refractivity (Wildman–Crippen MR) is 218 cm³/mol. The Balaban J connectivity index is 2.01. The van der Waals surface area contributed by atoms with Crippen LogP contribution < -0.4 is 21.5 Å². The van der Waals surface area contributed by atoms with Gasteiger partial charge in [0.25, 0.3) is 0 Å². The zero-order valence-electron chi connectivity index (χ0n) is 33.6. The van der Waals surface area contributed by atoms with E-state index in [1.54, 1.807) is 44.7 Å². The van der Waals surface area contributed by atoms with Crippen LogP contribution in [0.1, 0.15) is 104 Å². The van der Waals surface area contributed by atoms with Crippen molar-refractivity contribution < 1.29 is 33.4 Å². The van der Waals surface area contributed by atoms with E-state index in [1.807, 2.05) is 39.5 Å². The first kappa shape index (κ1) is 47.6. The summed E-state index contributed by atoms with van der Waals surface area (Å²) in [6.07, 6.45) is 7.43. The molecule has 0 radical (unpaired) electrons. The summed E-state index contributed by atoms with van der Waals surface area (Å²) >= 11 is 1.55. The van der Waals surface area contributed by atoms with Gasteiger partial charge in [0.05, 0.1) is 16.7 Å². The minimum Gasteiger partial charge on any atom is -0.447 e. The minimum atomic E-state index is -0.748. The van der Waals surface area contributed by atoms with Crippen LogP contribution in [0.5, 0.6) is 0 Å². The maximum atomic E-state index is 14.5. The van der Waals surface area contributed by atoms with Crippen LogP contribution in [0.3, 0.4) is 0 Å². The number of hydrogen-bond acceptors (Lipinski definition) is 13.